The molecule has 0 aliphatic heterocycles. The van der Waals surface area contributed by atoms with Crippen LogP contribution in [0, 0.1) is 0 Å². The van der Waals surface area contributed by atoms with E-state index in [0.29, 0.717) is 16.3 Å². The number of amides is 2. The summed E-state index contributed by atoms with van der Waals surface area (Å²) in [6.45, 7) is 0.167. The van der Waals surface area contributed by atoms with Crippen molar-refractivity contribution in [2.75, 3.05) is 13.7 Å². The number of carbonyl (C=O) groups is 2. The van der Waals surface area contributed by atoms with Crippen LogP contribution in [0.25, 0.3) is 0 Å². The Hall–Kier alpha value is -2.53. The van der Waals surface area contributed by atoms with Gasteiger partial charge in [0.1, 0.15) is 5.75 Å². The molecular formula is C17H17ClN2O3. The van der Waals surface area contributed by atoms with Crippen LogP contribution in [0.4, 0.5) is 0 Å². The Morgan fingerprint density at radius 2 is 1.83 bits per heavy atom. The van der Waals surface area contributed by atoms with Crippen molar-refractivity contribution in [1.29, 1.82) is 0 Å². The Morgan fingerprint density at radius 3 is 2.52 bits per heavy atom. The minimum Gasteiger partial charge on any atom is -0.496 e. The first kappa shape index (κ1) is 16.8. The summed E-state index contributed by atoms with van der Waals surface area (Å²) in [5.41, 5.74) is 1.28. The van der Waals surface area contributed by atoms with Gasteiger partial charge in [0.25, 0.3) is 5.91 Å². The van der Waals surface area contributed by atoms with Gasteiger partial charge in [-0.25, -0.2) is 0 Å². The molecule has 2 aromatic rings. The van der Waals surface area contributed by atoms with Gasteiger partial charge in [-0.3, -0.25) is 9.59 Å². The molecule has 0 radical (unpaired) electrons. The highest BCUT2D eigenvalue weighted by Crippen LogP contribution is 2.22. The summed E-state index contributed by atoms with van der Waals surface area (Å²) in [5.74, 6) is 0.0559. The highest BCUT2D eigenvalue weighted by Gasteiger charge is 2.09. The topological polar surface area (TPSA) is 67.4 Å². The molecule has 0 aliphatic rings. The van der Waals surface area contributed by atoms with Crippen LogP contribution in [0.5, 0.6) is 5.75 Å². The molecule has 0 saturated heterocycles. The molecule has 0 aliphatic carbocycles. The summed E-state index contributed by atoms with van der Waals surface area (Å²) >= 11 is 5.93. The summed E-state index contributed by atoms with van der Waals surface area (Å²) in [6, 6.07) is 13.9. The minimum absolute atomic E-state index is 0.101. The third-order valence-electron chi connectivity index (χ3n) is 3.16. The molecule has 23 heavy (non-hydrogen) atoms. The van der Waals surface area contributed by atoms with Crippen molar-refractivity contribution in [2.45, 2.75) is 6.54 Å². The summed E-state index contributed by atoms with van der Waals surface area (Å²) < 4.78 is 5.21. The lowest BCUT2D eigenvalue weighted by atomic mass is 10.2. The zero-order valence-corrected chi connectivity index (χ0v) is 13.4. The zero-order chi connectivity index (χ0) is 16.7. The van der Waals surface area contributed by atoms with Gasteiger partial charge in [-0.1, -0.05) is 29.8 Å². The van der Waals surface area contributed by atoms with Crippen molar-refractivity contribution < 1.29 is 14.3 Å². The summed E-state index contributed by atoms with van der Waals surface area (Å²) in [4.78, 5) is 23.7. The van der Waals surface area contributed by atoms with E-state index in [1.165, 1.54) is 0 Å². The molecule has 2 N–H and O–H groups in total. The van der Waals surface area contributed by atoms with Crippen LogP contribution in [0.3, 0.4) is 0 Å². The molecular weight excluding hydrogens is 316 g/mol. The standard InChI is InChI=1S/C17H17ClN2O3/c1-23-15-8-7-14(18)9-13(15)10-19-16(21)11-20-17(22)12-5-3-2-4-6-12/h2-9H,10-11H2,1H3,(H,19,21)(H,20,22). The lowest BCUT2D eigenvalue weighted by Crippen LogP contribution is -2.36. The van der Waals surface area contributed by atoms with Crippen molar-refractivity contribution in [1.82, 2.24) is 10.6 Å². The average Bonchev–Trinajstić information content (AvgIpc) is 2.58. The average molecular weight is 333 g/mol. The van der Waals surface area contributed by atoms with Gasteiger partial charge in [0.05, 0.1) is 13.7 Å². The number of nitrogens with one attached hydrogen (secondary N) is 2. The maximum atomic E-state index is 11.8. The number of carbonyl (C=O) groups excluding carboxylic acids is 2. The molecule has 0 fully saturated rings. The Labute approximate surface area is 139 Å². The Morgan fingerprint density at radius 1 is 1.09 bits per heavy atom. The van der Waals surface area contributed by atoms with Crippen molar-refractivity contribution in [3.63, 3.8) is 0 Å². The molecule has 0 atom stereocenters. The third kappa shape index (κ3) is 5.00. The fourth-order valence-corrected chi connectivity index (χ4v) is 2.19. The summed E-state index contributed by atoms with van der Waals surface area (Å²) in [7, 11) is 1.55. The maximum absolute atomic E-state index is 11.8. The van der Waals surface area contributed by atoms with Crippen LogP contribution < -0.4 is 15.4 Å². The SMILES string of the molecule is COc1ccc(Cl)cc1CNC(=O)CNC(=O)c1ccccc1. The molecule has 0 aromatic heterocycles. The number of rotatable bonds is 6. The van der Waals surface area contributed by atoms with Gasteiger partial charge >= 0.3 is 0 Å². The van der Waals surface area contributed by atoms with Crippen molar-refractivity contribution >= 4 is 23.4 Å². The van der Waals surface area contributed by atoms with Crippen LogP contribution in [0.2, 0.25) is 5.02 Å². The molecule has 2 aromatic carbocycles. The molecule has 2 rings (SSSR count). The van der Waals surface area contributed by atoms with E-state index >= 15 is 0 Å². The third-order valence-corrected chi connectivity index (χ3v) is 3.40. The Kier molecular flexibility index (Phi) is 6.00. The molecule has 0 spiro atoms. The van der Waals surface area contributed by atoms with Gasteiger partial charge in [0.2, 0.25) is 5.91 Å². The Balaban J connectivity index is 1.84. The summed E-state index contributed by atoms with van der Waals surface area (Å²) in [5, 5.41) is 5.84. The molecule has 5 nitrogen and oxygen atoms in total. The van der Waals surface area contributed by atoms with Crippen molar-refractivity contribution in [2.24, 2.45) is 0 Å². The number of ether oxygens (including phenoxy) is 1. The largest absolute Gasteiger partial charge is 0.496 e. The highest BCUT2D eigenvalue weighted by atomic mass is 35.5. The van der Waals surface area contributed by atoms with Gasteiger partial charge in [0.15, 0.2) is 0 Å². The van der Waals surface area contributed by atoms with Crippen LogP contribution in [-0.2, 0) is 11.3 Å². The van der Waals surface area contributed by atoms with E-state index in [2.05, 4.69) is 10.6 Å². The van der Waals surface area contributed by atoms with Gasteiger partial charge in [0, 0.05) is 22.7 Å². The minimum atomic E-state index is -0.295. The zero-order valence-electron chi connectivity index (χ0n) is 12.6. The lowest BCUT2D eigenvalue weighted by Gasteiger charge is -2.11. The predicted molar refractivity (Wildman–Crippen MR) is 88.6 cm³/mol. The van der Waals surface area contributed by atoms with Crippen LogP contribution in [0.1, 0.15) is 15.9 Å². The van der Waals surface area contributed by atoms with Gasteiger partial charge in [-0.05, 0) is 30.3 Å². The second-order valence-electron chi connectivity index (χ2n) is 4.78. The molecule has 0 heterocycles. The molecule has 0 unspecified atom stereocenters. The van der Waals surface area contributed by atoms with E-state index in [9.17, 15) is 9.59 Å². The predicted octanol–water partition coefficient (Wildman–Crippen LogP) is 2.39. The van der Waals surface area contributed by atoms with Gasteiger partial charge in [-0.15, -0.1) is 0 Å². The molecule has 2 amide bonds. The fourth-order valence-electron chi connectivity index (χ4n) is 1.99. The maximum Gasteiger partial charge on any atom is 0.251 e. The number of halogens is 1. The van der Waals surface area contributed by atoms with E-state index in [-0.39, 0.29) is 24.9 Å². The van der Waals surface area contributed by atoms with E-state index < -0.39 is 0 Å². The summed E-state index contributed by atoms with van der Waals surface area (Å²) in [6.07, 6.45) is 0. The number of hydrogen-bond donors (Lipinski definition) is 2. The quantitative estimate of drug-likeness (QED) is 0.853. The van der Waals surface area contributed by atoms with Gasteiger partial charge < -0.3 is 15.4 Å². The number of methoxy groups -OCH3 is 1. The van der Waals surface area contributed by atoms with E-state index in [1.54, 1.807) is 49.6 Å². The van der Waals surface area contributed by atoms with E-state index in [4.69, 9.17) is 16.3 Å². The van der Waals surface area contributed by atoms with Crippen molar-refractivity contribution in [3.05, 3.63) is 64.7 Å². The first-order valence-electron chi connectivity index (χ1n) is 7.02. The first-order valence-corrected chi connectivity index (χ1v) is 7.40. The highest BCUT2D eigenvalue weighted by molar-refractivity contribution is 6.30. The molecule has 6 heteroatoms. The monoisotopic (exact) mass is 332 g/mol. The number of benzene rings is 2. The second kappa shape index (κ2) is 8.19. The second-order valence-corrected chi connectivity index (χ2v) is 5.22. The first-order chi connectivity index (χ1) is 11.1. The van der Waals surface area contributed by atoms with Crippen molar-refractivity contribution in [3.8, 4) is 5.75 Å². The van der Waals surface area contributed by atoms with Crippen LogP contribution in [-0.4, -0.2) is 25.5 Å². The van der Waals surface area contributed by atoms with Crippen LogP contribution >= 0.6 is 11.6 Å². The molecule has 0 bridgehead atoms. The van der Waals surface area contributed by atoms with Crippen LogP contribution in [0.15, 0.2) is 48.5 Å². The fraction of sp³-hybridized carbons (Fsp3) is 0.176. The number of hydrogen-bond acceptors (Lipinski definition) is 3. The smallest absolute Gasteiger partial charge is 0.251 e. The van der Waals surface area contributed by atoms with E-state index in [0.717, 1.165) is 5.56 Å². The normalized spacial score (nSPS) is 10.0. The molecule has 0 saturated carbocycles. The molecule has 120 valence electrons. The van der Waals surface area contributed by atoms with E-state index in [1.807, 2.05) is 6.07 Å². The Bertz CT molecular complexity index is 689. The van der Waals surface area contributed by atoms with Gasteiger partial charge in [-0.2, -0.15) is 0 Å². The lowest BCUT2D eigenvalue weighted by molar-refractivity contribution is -0.120.